The van der Waals surface area contributed by atoms with Gasteiger partial charge < -0.3 is 8.85 Å². The number of fused-ring (bicyclic) bond motifs is 1. The molecule has 0 amide bonds. The lowest BCUT2D eigenvalue weighted by molar-refractivity contribution is 0.229. The van der Waals surface area contributed by atoms with Gasteiger partial charge in [-0.05, 0) is 13.0 Å². The highest BCUT2D eigenvalue weighted by molar-refractivity contribution is 6.46. The summed E-state index contributed by atoms with van der Waals surface area (Å²) in [6, 6.07) is 8.89. The van der Waals surface area contributed by atoms with Crippen LogP contribution in [0.1, 0.15) is 12.5 Å². The Morgan fingerprint density at radius 2 is 2.29 bits per heavy atom. The Hall–Kier alpha value is -1.06. The van der Waals surface area contributed by atoms with E-state index in [2.05, 4.69) is 6.58 Å². The van der Waals surface area contributed by atoms with E-state index in [1.54, 1.807) is 0 Å². The summed E-state index contributed by atoms with van der Waals surface area (Å²) >= 11 is 0. The van der Waals surface area contributed by atoms with Crippen LogP contribution in [0.3, 0.4) is 0 Å². The molecule has 0 fully saturated rings. The molecule has 2 rings (SSSR count). The van der Waals surface area contributed by atoms with Crippen molar-refractivity contribution >= 4 is 9.28 Å². The Morgan fingerprint density at radius 3 is 3.07 bits per heavy atom. The van der Waals surface area contributed by atoms with Crippen molar-refractivity contribution in [1.29, 1.82) is 0 Å². The molecule has 0 aromatic heterocycles. The molecule has 2 nitrogen and oxygen atoms in total. The Labute approximate surface area is 86.0 Å². The standard InChI is InChI=1S/C11H13O2Si/c1-9(2)8-14-12-7-10-5-3-4-6-11(10)13-14/h3-6H,1,7-8H2,2H3. The number of allylic oxidation sites excluding steroid dienone is 1. The fourth-order valence-electron chi connectivity index (χ4n) is 1.37. The maximum absolute atomic E-state index is 5.76. The lowest BCUT2D eigenvalue weighted by Crippen LogP contribution is -2.30. The number of hydrogen-bond acceptors (Lipinski definition) is 2. The van der Waals surface area contributed by atoms with Crippen molar-refractivity contribution in [3.05, 3.63) is 42.0 Å². The van der Waals surface area contributed by atoms with E-state index in [4.69, 9.17) is 8.85 Å². The third-order valence-electron chi connectivity index (χ3n) is 2.03. The summed E-state index contributed by atoms with van der Waals surface area (Å²) < 4.78 is 11.4. The zero-order valence-electron chi connectivity index (χ0n) is 8.25. The molecule has 0 saturated carbocycles. The third kappa shape index (κ3) is 2.05. The molecule has 0 atom stereocenters. The second-order valence-corrected chi connectivity index (χ2v) is 5.09. The minimum atomic E-state index is -1.16. The SMILES string of the molecule is C=C(C)C[Si]1OCc2ccccc2O1. The fourth-order valence-corrected chi connectivity index (χ4v) is 2.85. The minimum absolute atomic E-state index is 0.678. The molecular weight excluding hydrogens is 192 g/mol. The van der Waals surface area contributed by atoms with Gasteiger partial charge in [-0.1, -0.05) is 23.8 Å². The predicted molar refractivity (Wildman–Crippen MR) is 57.2 cm³/mol. The summed E-state index contributed by atoms with van der Waals surface area (Å²) in [6.45, 7) is 6.55. The van der Waals surface area contributed by atoms with Gasteiger partial charge in [0.25, 0.3) is 0 Å². The average Bonchev–Trinajstić information content (AvgIpc) is 2.17. The molecule has 1 aliphatic heterocycles. The average molecular weight is 205 g/mol. The van der Waals surface area contributed by atoms with Crippen LogP contribution in [-0.4, -0.2) is 9.28 Å². The zero-order chi connectivity index (χ0) is 9.97. The van der Waals surface area contributed by atoms with Gasteiger partial charge >= 0.3 is 9.28 Å². The van der Waals surface area contributed by atoms with Gasteiger partial charge in [-0.15, -0.1) is 6.58 Å². The van der Waals surface area contributed by atoms with Crippen LogP contribution in [0.2, 0.25) is 6.04 Å². The molecule has 73 valence electrons. The molecule has 1 aromatic carbocycles. The molecule has 0 bridgehead atoms. The first-order valence-electron chi connectivity index (χ1n) is 4.64. The smallest absolute Gasteiger partial charge is 0.462 e. The van der Waals surface area contributed by atoms with E-state index in [9.17, 15) is 0 Å². The fraction of sp³-hybridized carbons (Fsp3) is 0.273. The molecule has 0 unspecified atom stereocenters. The lowest BCUT2D eigenvalue weighted by atomic mass is 10.2. The van der Waals surface area contributed by atoms with E-state index >= 15 is 0 Å². The van der Waals surface area contributed by atoms with Crippen molar-refractivity contribution in [3.8, 4) is 5.75 Å². The van der Waals surface area contributed by atoms with Gasteiger partial charge in [0.1, 0.15) is 5.75 Å². The van der Waals surface area contributed by atoms with E-state index in [0.717, 1.165) is 22.9 Å². The number of benzene rings is 1. The largest absolute Gasteiger partial charge is 0.518 e. The first kappa shape index (κ1) is 9.49. The van der Waals surface area contributed by atoms with Crippen LogP contribution in [0.4, 0.5) is 0 Å². The van der Waals surface area contributed by atoms with Gasteiger partial charge in [-0.25, -0.2) is 0 Å². The molecule has 1 radical (unpaired) electrons. The molecule has 1 aliphatic rings. The van der Waals surface area contributed by atoms with E-state index in [-0.39, 0.29) is 0 Å². The van der Waals surface area contributed by atoms with Crippen LogP contribution in [-0.2, 0) is 11.0 Å². The van der Waals surface area contributed by atoms with Crippen LogP contribution < -0.4 is 4.43 Å². The lowest BCUT2D eigenvalue weighted by Gasteiger charge is -2.23. The van der Waals surface area contributed by atoms with Gasteiger partial charge in [0.15, 0.2) is 0 Å². The molecule has 1 heterocycles. The Bertz CT molecular complexity index is 349. The van der Waals surface area contributed by atoms with E-state index in [1.807, 2.05) is 31.2 Å². The monoisotopic (exact) mass is 205 g/mol. The number of hydrogen-bond donors (Lipinski definition) is 0. The Kier molecular flexibility index (Phi) is 2.70. The Balaban J connectivity index is 2.09. The predicted octanol–water partition coefficient (Wildman–Crippen LogP) is 2.66. The highest BCUT2D eigenvalue weighted by Gasteiger charge is 2.24. The topological polar surface area (TPSA) is 18.5 Å². The van der Waals surface area contributed by atoms with Gasteiger partial charge in [-0.3, -0.25) is 0 Å². The normalized spacial score (nSPS) is 15.8. The molecule has 0 aliphatic carbocycles. The van der Waals surface area contributed by atoms with Crippen molar-refractivity contribution in [2.45, 2.75) is 19.6 Å². The molecular formula is C11H13O2Si. The van der Waals surface area contributed by atoms with E-state index in [0.29, 0.717) is 6.61 Å². The van der Waals surface area contributed by atoms with Crippen molar-refractivity contribution in [1.82, 2.24) is 0 Å². The van der Waals surface area contributed by atoms with Crippen LogP contribution in [0, 0.1) is 0 Å². The number of para-hydroxylation sites is 1. The summed E-state index contributed by atoms with van der Waals surface area (Å²) in [4.78, 5) is 0. The molecule has 3 heteroatoms. The van der Waals surface area contributed by atoms with Crippen LogP contribution in [0.15, 0.2) is 36.4 Å². The zero-order valence-corrected chi connectivity index (χ0v) is 9.25. The van der Waals surface area contributed by atoms with E-state index in [1.165, 1.54) is 0 Å². The summed E-state index contributed by atoms with van der Waals surface area (Å²) in [6.07, 6.45) is 0. The highest BCUT2D eigenvalue weighted by atomic mass is 28.3. The highest BCUT2D eigenvalue weighted by Crippen LogP contribution is 2.25. The quantitative estimate of drug-likeness (QED) is 0.546. The van der Waals surface area contributed by atoms with Crippen molar-refractivity contribution in [3.63, 3.8) is 0 Å². The minimum Gasteiger partial charge on any atom is -0.518 e. The second kappa shape index (κ2) is 3.98. The van der Waals surface area contributed by atoms with Crippen LogP contribution in [0.25, 0.3) is 0 Å². The summed E-state index contributed by atoms with van der Waals surface area (Å²) in [5.41, 5.74) is 2.27. The molecule has 1 aromatic rings. The van der Waals surface area contributed by atoms with Gasteiger partial charge in [0.05, 0.1) is 6.61 Å². The summed E-state index contributed by atoms with van der Waals surface area (Å²) in [5, 5.41) is 0. The van der Waals surface area contributed by atoms with Crippen molar-refractivity contribution in [2.24, 2.45) is 0 Å². The second-order valence-electron chi connectivity index (χ2n) is 3.50. The molecule has 0 N–H and O–H groups in total. The van der Waals surface area contributed by atoms with E-state index < -0.39 is 9.28 Å². The van der Waals surface area contributed by atoms with Crippen LogP contribution in [0.5, 0.6) is 5.75 Å². The van der Waals surface area contributed by atoms with Gasteiger partial charge in [0, 0.05) is 11.6 Å². The first-order chi connectivity index (χ1) is 6.75. The summed E-state index contributed by atoms with van der Waals surface area (Å²) in [7, 11) is -1.16. The summed E-state index contributed by atoms with van der Waals surface area (Å²) in [5.74, 6) is 0.980. The molecule has 0 spiro atoms. The molecule has 0 saturated heterocycles. The van der Waals surface area contributed by atoms with Gasteiger partial charge in [-0.2, -0.15) is 0 Å². The van der Waals surface area contributed by atoms with Crippen molar-refractivity contribution < 1.29 is 8.85 Å². The Morgan fingerprint density at radius 1 is 1.50 bits per heavy atom. The maximum atomic E-state index is 5.76. The molecule has 14 heavy (non-hydrogen) atoms. The third-order valence-corrected chi connectivity index (χ3v) is 3.84. The maximum Gasteiger partial charge on any atom is 0.462 e. The van der Waals surface area contributed by atoms with Crippen LogP contribution >= 0.6 is 0 Å². The number of rotatable bonds is 2. The first-order valence-corrected chi connectivity index (χ1v) is 6.17. The van der Waals surface area contributed by atoms with Gasteiger partial charge in [0.2, 0.25) is 0 Å². The van der Waals surface area contributed by atoms with Crippen molar-refractivity contribution in [2.75, 3.05) is 0 Å².